The van der Waals surface area contributed by atoms with E-state index in [1.165, 1.54) is 6.34 Å². The van der Waals surface area contributed by atoms with E-state index in [1.54, 1.807) is 6.21 Å². The Bertz CT molecular complexity index is 315. The van der Waals surface area contributed by atoms with Crippen molar-refractivity contribution in [2.24, 2.45) is 10.1 Å². The summed E-state index contributed by atoms with van der Waals surface area (Å²) in [5, 5.41) is 3.84. The molecule has 2 rings (SSSR count). The van der Waals surface area contributed by atoms with Crippen molar-refractivity contribution in [1.29, 1.82) is 0 Å². The van der Waals surface area contributed by atoms with Gasteiger partial charge in [0.1, 0.15) is 6.34 Å². The Morgan fingerprint density at radius 3 is 3.09 bits per heavy atom. The van der Waals surface area contributed by atoms with Gasteiger partial charge in [-0.3, -0.25) is 5.43 Å². The smallest absolute Gasteiger partial charge is 0.135 e. The lowest BCUT2D eigenvalue weighted by Crippen LogP contribution is -1.90. The molecule has 3 heteroatoms. The third-order valence-corrected chi connectivity index (χ3v) is 1.48. The molecule has 0 spiro atoms. The van der Waals surface area contributed by atoms with Crippen molar-refractivity contribution >= 4 is 18.2 Å². The summed E-state index contributed by atoms with van der Waals surface area (Å²) in [6.07, 6.45) is 3.26. The summed E-state index contributed by atoms with van der Waals surface area (Å²) in [4.78, 5) is 3.93. The molecule has 0 radical (unpaired) electrons. The molecule has 0 aliphatic carbocycles. The number of aliphatic imine (C=N–C) groups is 1. The first-order chi connectivity index (χ1) is 5.47. The first-order valence-electron chi connectivity index (χ1n) is 3.36. The van der Waals surface area contributed by atoms with E-state index in [9.17, 15) is 0 Å². The number of nitrogens with zero attached hydrogens (tertiary/aromatic N) is 2. The highest BCUT2D eigenvalue weighted by Crippen LogP contribution is 2.13. The van der Waals surface area contributed by atoms with E-state index >= 15 is 0 Å². The lowest BCUT2D eigenvalue weighted by atomic mass is 10.2. The Kier molecular flexibility index (Phi) is 1.41. The molecular weight excluding hydrogens is 138 g/mol. The fraction of sp³-hybridized carbons (Fsp3) is 0. The van der Waals surface area contributed by atoms with Gasteiger partial charge in [-0.15, -0.1) is 0 Å². The standard InChI is InChI=1S/C8H7N3/c1-2-4-8-7(3-1)5-9-6-10-11-8/h1-6,11H. The van der Waals surface area contributed by atoms with E-state index in [4.69, 9.17) is 0 Å². The monoisotopic (exact) mass is 145 g/mol. The van der Waals surface area contributed by atoms with Crippen LogP contribution < -0.4 is 5.43 Å². The molecule has 1 aliphatic heterocycles. The zero-order valence-electron chi connectivity index (χ0n) is 5.86. The minimum absolute atomic E-state index is 0.991. The van der Waals surface area contributed by atoms with Gasteiger partial charge in [0.15, 0.2) is 0 Å². The summed E-state index contributed by atoms with van der Waals surface area (Å²) >= 11 is 0. The Morgan fingerprint density at radius 2 is 2.09 bits per heavy atom. The maximum atomic E-state index is 3.93. The minimum Gasteiger partial charge on any atom is -0.276 e. The zero-order chi connectivity index (χ0) is 7.52. The third-order valence-electron chi connectivity index (χ3n) is 1.48. The average molecular weight is 145 g/mol. The van der Waals surface area contributed by atoms with Crippen molar-refractivity contribution in [3.63, 3.8) is 0 Å². The molecule has 1 aromatic carbocycles. The highest BCUT2D eigenvalue weighted by molar-refractivity contribution is 5.93. The normalized spacial score (nSPS) is 13.5. The number of hydrogen-bond donors (Lipinski definition) is 1. The number of para-hydroxylation sites is 1. The lowest BCUT2D eigenvalue weighted by molar-refractivity contribution is 1.35. The molecule has 0 atom stereocenters. The number of hydrazone groups is 1. The Labute approximate surface area is 64.5 Å². The Morgan fingerprint density at radius 1 is 1.18 bits per heavy atom. The number of nitrogens with one attached hydrogen (secondary N) is 1. The predicted octanol–water partition coefficient (Wildman–Crippen LogP) is 1.47. The molecule has 1 heterocycles. The fourth-order valence-electron chi connectivity index (χ4n) is 0.957. The van der Waals surface area contributed by atoms with Gasteiger partial charge in [-0.2, -0.15) is 5.10 Å². The van der Waals surface area contributed by atoms with Crippen molar-refractivity contribution in [2.45, 2.75) is 0 Å². The molecule has 1 N–H and O–H groups in total. The van der Waals surface area contributed by atoms with Crippen LogP contribution in [0, 0.1) is 0 Å². The van der Waals surface area contributed by atoms with Crippen molar-refractivity contribution in [1.82, 2.24) is 0 Å². The van der Waals surface area contributed by atoms with Crippen LogP contribution in [0.2, 0.25) is 0 Å². The molecular formula is C8H7N3. The molecule has 0 amide bonds. The van der Waals surface area contributed by atoms with Gasteiger partial charge in [0.05, 0.1) is 5.69 Å². The van der Waals surface area contributed by atoms with E-state index < -0.39 is 0 Å². The van der Waals surface area contributed by atoms with Crippen LogP contribution in [0.1, 0.15) is 5.56 Å². The molecule has 0 aromatic heterocycles. The Hall–Kier alpha value is -1.64. The highest BCUT2D eigenvalue weighted by Gasteiger charge is 1.97. The molecule has 54 valence electrons. The molecule has 0 saturated heterocycles. The SMILES string of the molecule is C1=NC=NNc2ccccc21. The number of anilines is 1. The quantitative estimate of drug-likeness (QED) is 0.589. The average Bonchev–Trinajstić information content (AvgIpc) is 2.28. The second kappa shape index (κ2) is 2.54. The van der Waals surface area contributed by atoms with Crippen molar-refractivity contribution < 1.29 is 0 Å². The van der Waals surface area contributed by atoms with Crippen LogP contribution in [0.5, 0.6) is 0 Å². The first-order valence-corrected chi connectivity index (χ1v) is 3.36. The summed E-state index contributed by atoms with van der Waals surface area (Å²) in [5.41, 5.74) is 4.92. The molecule has 0 saturated carbocycles. The van der Waals surface area contributed by atoms with Gasteiger partial charge in [0.2, 0.25) is 0 Å². The van der Waals surface area contributed by atoms with Crippen LogP contribution in [0.4, 0.5) is 5.69 Å². The number of fused-ring (bicyclic) bond motifs is 1. The zero-order valence-corrected chi connectivity index (χ0v) is 5.86. The van der Waals surface area contributed by atoms with Gasteiger partial charge in [-0.05, 0) is 6.07 Å². The van der Waals surface area contributed by atoms with Gasteiger partial charge in [-0.25, -0.2) is 4.99 Å². The third kappa shape index (κ3) is 1.12. The summed E-state index contributed by atoms with van der Waals surface area (Å²) in [6, 6.07) is 7.88. The van der Waals surface area contributed by atoms with Crippen LogP contribution in [0.15, 0.2) is 34.4 Å². The van der Waals surface area contributed by atoms with Gasteiger partial charge >= 0.3 is 0 Å². The van der Waals surface area contributed by atoms with E-state index in [-0.39, 0.29) is 0 Å². The first kappa shape index (κ1) is 6.09. The van der Waals surface area contributed by atoms with Gasteiger partial charge < -0.3 is 0 Å². The second-order valence-electron chi connectivity index (χ2n) is 2.22. The topological polar surface area (TPSA) is 36.8 Å². The van der Waals surface area contributed by atoms with Crippen molar-refractivity contribution in [2.75, 3.05) is 5.43 Å². The maximum Gasteiger partial charge on any atom is 0.135 e. The largest absolute Gasteiger partial charge is 0.276 e. The lowest BCUT2D eigenvalue weighted by Gasteiger charge is -1.99. The molecule has 1 aromatic rings. The minimum atomic E-state index is 0.991. The van der Waals surface area contributed by atoms with Gasteiger partial charge in [-0.1, -0.05) is 18.2 Å². The van der Waals surface area contributed by atoms with E-state index in [0.717, 1.165) is 11.3 Å². The molecule has 0 unspecified atom stereocenters. The number of rotatable bonds is 0. The Balaban J connectivity index is 2.52. The number of benzene rings is 1. The van der Waals surface area contributed by atoms with Crippen LogP contribution in [0.3, 0.4) is 0 Å². The molecule has 11 heavy (non-hydrogen) atoms. The van der Waals surface area contributed by atoms with Crippen LogP contribution in [-0.2, 0) is 0 Å². The van der Waals surface area contributed by atoms with Crippen LogP contribution in [0.25, 0.3) is 0 Å². The number of hydrogen-bond acceptors (Lipinski definition) is 3. The van der Waals surface area contributed by atoms with Crippen LogP contribution >= 0.6 is 0 Å². The fourth-order valence-corrected chi connectivity index (χ4v) is 0.957. The molecule has 0 bridgehead atoms. The predicted molar refractivity (Wildman–Crippen MR) is 46.2 cm³/mol. The van der Waals surface area contributed by atoms with Crippen molar-refractivity contribution in [3.8, 4) is 0 Å². The van der Waals surface area contributed by atoms with E-state index in [1.807, 2.05) is 24.3 Å². The molecule has 1 aliphatic rings. The summed E-state index contributed by atoms with van der Waals surface area (Å²) < 4.78 is 0. The molecule has 3 nitrogen and oxygen atoms in total. The van der Waals surface area contributed by atoms with Gasteiger partial charge in [0, 0.05) is 11.8 Å². The van der Waals surface area contributed by atoms with Crippen molar-refractivity contribution in [3.05, 3.63) is 29.8 Å². The van der Waals surface area contributed by atoms with Crippen LogP contribution in [-0.4, -0.2) is 12.6 Å². The second-order valence-corrected chi connectivity index (χ2v) is 2.22. The summed E-state index contributed by atoms with van der Waals surface area (Å²) in [5.74, 6) is 0. The summed E-state index contributed by atoms with van der Waals surface area (Å²) in [6.45, 7) is 0. The van der Waals surface area contributed by atoms with Gasteiger partial charge in [0.25, 0.3) is 0 Å². The maximum absolute atomic E-state index is 3.93. The van der Waals surface area contributed by atoms with E-state index in [0.29, 0.717) is 0 Å². The summed E-state index contributed by atoms with van der Waals surface area (Å²) in [7, 11) is 0. The highest BCUT2D eigenvalue weighted by atomic mass is 15.3. The molecule has 0 fully saturated rings. The van der Waals surface area contributed by atoms with E-state index in [2.05, 4.69) is 15.5 Å².